The quantitative estimate of drug-likeness (QED) is 0.505. The molecule has 0 spiro atoms. The van der Waals surface area contributed by atoms with Gasteiger partial charge in [0.2, 0.25) is 0 Å². The molecule has 5 heteroatoms. The first kappa shape index (κ1) is 21.8. The number of aliphatic hydroxyl groups excluding tert-OH is 2. The molecule has 2 aliphatic carbocycles. The van der Waals surface area contributed by atoms with Gasteiger partial charge in [0.1, 0.15) is 19.0 Å². The van der Waals surface area contributed by atoms with Gasteiger partial charge in [0.15, 0.2) is 0 Å². The van der Waals surface area contributed by atoms with E-state index in [1.807, 2.05) is 6.07 Å². The number of ether oxygens (including phenoxy) is 2. The average molecular weight is 403 g/mol. The highest BCUT2D eigenvalue weighted by atomic mass is 16.5. The Morgan fingerprint density at radius 1 is 1.07 bits per heavy atom. The molecule has 3 rings (SSSR count). The molecule has 0 atom stereocenters. The smallest absolute Gasteiger partial charge is 0.330 e. The van der Waals surface area contributed by atoms with Crippen LogP contribution in [0.25, 0.3) is 0 Å². The topological polar surface area (TPSA) is 76.0 Å². The third-order valence-electron chi connectivity index (χ3n) is 6.62. The molecule has 0 amide bonds. The van der Waals surface area contributed by atoms with Gasteiger partial charge in [-0.05, 0) is 86.8 Å². The maximum Gasteiger partial charge on any atom is 0.330 e. The third-order valence-corrected chi connectivity index (χ3v) is 6.62. The minimum absolute atomic E-state index is 0.0597. The Bertz CT molecular complexity index is 670. The second-order valence-electron chi connectivity index (χ2n) is 8.43. The van der Waals surface area contributed by atoms with Gasteiger partial charge >= 0.3 is 5.97 Å². The Kier molecular flexibility index (Phi) is 8.13. The van der Waals surface area contributed by atoms with Gasteiger partial charge in [-0.1, -0.05) is 12.6 Å². The number of rotatable bonds is 8. The van der Waals surface area contributed by atoms with Crippen molar-refractivity contribution in [1.29, 1.82) is 0 Å². The molecule has 2 saturated carbocycles. The van der Waals surface area contributed by atoms with Crippen molar-refractivity contribution in [3.63, 3.8) is 0 Å². The van der Waals surface area contributed by atoms with E-state index in [2.05, 4.69) is 18.7 Å². The number of aliphatic hydroxyl groups is 2. The Morgan fingerprint density at radius 3 is 2.34 bits per heavy atom. The Morgan fingerprint density at radius 2 is 1.72 bits per heavy atom. The fraction of sp³-hybridized carbons (Fsp3) is 0.625. The first-order valence-electron chi connectivity index (χ1n) is 10.9. The van der Waals surface area contributed by atoms with Crippen LogP contribution < -0.4 is 4.74 Å². The van der Waals surface area contributed by atoms with Crippen LogP contribution in [-0.4, -0.2) is 35.5 Å². The lowest BCUT2D eigenvalue weighted by molar-refractivity contribution is -0.139. The maximum atomic E-state index is 11.5. The molecule has 2 fully saturated rings. The Hall–Kier alpha value is -1.85. The Labute approximate surface area is 173 Å². The molecule has 5 nitrogen and oxygen atoms in total. The highest BCUT2D eigenvalue weighted by molar-refractivity contribution is 5.81. The first-order chi connectivity index (χ1) is 14.1. The Balaban J connectivity index is 1.62. The zero-order valence-electron chi connectivity index (χ0n) is 17.2. The molecular weight excluding hydrogens is 368 g/mol. The van der Waals surface area contributed by atoms with Crippen molar-refractivity contribution < 1.29 is 24.5 Å². The number of hydrogen-bond donors (Lipinski definition) is 2. The van der Waals surface area contributed by atoms with E-state index in [0.29, 0.717) is 11.7 Å². The van der Waals surface area contributed by atoms with E-state index in [4.69, 9.17) is 14.6 Å². The van der Waals surface area contributed by atoms with Gasteiger partial charge in [-0.3, -0.25) is 0 Å². The van der Waals surface area contributed by atoms with E-state index in [0.717, 1.165) is 36.3 Å². The van der Waals surface area contributed by atoms with Crippen LogP contribution in [0, 0.1) is 11.8 Å². The maximum absolute atomic E-state index is 11.5. The van der Waals surface area contributed by atoms with Crippen LogP contribution in [-0.2, 0) is 16.1 Å². The lowest BCUT2D eigenvalue weighted by Gasteiger charge is -2.37. The fourth-order valence-electron chi connectivity index (χ4n) is 4.97. The zero-order chi connectivity index (χ0) is 20.6. The molecule has 160 valence electrons. The lowest BCUT2D eigenvalue weighted by Crippen LogP contribution is -2.27. The molecule has 0 bridgehead atoms. The standard InChI is InChI=1S/C24H34O5/c1-2-24(27)29-16-21-15-20(9-12-23(21)28-14-13-25)19-5-3-17(4-6-19)18-7-10-22(26)11-8-18/h2,9,12,15,17-19,22,25-26H,1,3-8,10-11,13-14,16H2. The molecule has 0 aromatic heterocycles. The minimum Gasteiger partial charge on any atom is -0.491 e. The van der Waals surface area contributed by atoms with Gasteiger partial charge in [0.25, 0.3) is 0 Å². The van der Waals surface area contributed by atoms with Gasteiger partial charge in [0, 0.05) is 11.6 Å². The van der Waals surface area contributed by atoms with Crippen LogP contribution in [0.15, 0.2) is 30.9 Å². The second-order valence-corrected chi connectivity index (χ2v) is 8.43. The van der Waals surface area contributed by atoms with E-state index in [1.165, 1.54) is 44.1 Å². The summed E-state index contributed by atoms with van der Waals surface area (Å²) < 4.78 is 10.8. The number of carbonyl (C=O) groups excluding carboxylic acids is 1. The lowest BCUT2D eigenvalue weighted by atomic mass is 9.69. The largest absolute Gasteiger partial charge is 0.491 e. The minimum atomic E-state index is -0.457. The summed E-state index contributed by atoms with van der Waals surface area (Å²) in [6.45, 7) is 3.72. The molecule has 29 heavy (non-hydrogen) atoms. The van der Waals surface area contributed by atoms with Crippen molar-refractivity contribution in [3.8, 4) is 5.75 Å². The fourth-order valence-corrected chi connectivity index (χ4v) is 4.97. The third kappa shape index (κ3) is 6.06. The highest BCUT2D eigenvalue weighted by Crippen LogP contribution is 2.43. The highest BCUT2D eigenvalue weighted by Gasteiger charge is 2.31. The van der Waals surface area contributed by atoms with Crippen LogP contribution in [0.5, 0.6) is 5.75 Å². The number of carbonyl (C=O) groups is 1. The van der Waals surface area contributed by atoms with E-state index < -0.39 is 5.97 Å². The predicted octanol–water partition coefficient (Wildman–Crippen LogP) is 4.11. The monoisotopic (exact) mass is 402 g/mol. The summed E-state index contributed by atoms with van der Waals surface area (Å²) in [6.07, 6.45) is 10.2. The van der Waals surface area contributed by atoms with Crippen molar-refractivity contribution in [2.24, 2.45) is 11.8 Å². The van der Waals surface area contributed by atoms with E-state index >= 15 is 0 Å². The van der Waals surface area contributed by atoms with Crippen LogP contribution in [0.2, 0.25) is 0 Å². The van der Waals surface area contributed by atoms with Crippen molar-refractivity contribution in [1.82, 2.24) is 0 Å². The molecule has 0 saturated heterocycles. The molecule has 0 aliphatic heterocycles. The van der Waals surface area contributed by atoms with Crippen molar-refractivity contribution >= 4 is 5.97 Å². The molecule has 1 aromatic carbocycles. The van der Waals surface area contributed by atoms with E-state index in [9.17, 15) is 9.90 Å². The summed E-state index contributed by atoms with van der Waals surface area (Å²) in [5.41, 5.74) is 2.10. The number of esters is 1. The SMILES string of the molecule is C=CC(=O)OCc1cc(C2CCC(C3CCC(O)CC3)CC2)ccc1OCCO. The van der Waals surface area contributed by atoms with Gasteiger partial charge in [-0.25, -0.2) is 4.79 Å². The van der Waals surface area contributed by atoms with Crippen LogP contribution in [0.3, 0.4) is 0 Å². The normalized spacial score (nSPS) is 27.2. The molecule has 0 heterocycles. The second kappa shape index (κ2) is 10.8. The number of benzene rings is 1. The average Bonchev–Trinajstić information content (AvgIpc) is 2.77. The van der Waals surface area contributed by atoms with Crippen molar-refractivity contribution in [3.05, 3.63) is 42.0 Å². The van der Waals surface area contributed by atoms with Gasteiger partial charge in [-0.15, -0.1) is 0 Å². The summed E-state index contributed by atoms with van der Waals surface area (Å²) in [7, 11) is 0. The summed E-state index contributed by atoms with van der Waals surface area (Å²) in [5.74, 6) is 2.28. The van der Waals surface area contributed by atoms with Crippen LogP contribution in [0.1, 0.15) is 68.4 Å². The van der Waals surface area contributed by atoms with Crippen molar-refractivity contribution in [2.45, 2.75) is 70.0 Å². The molecule has 0 radical (unpaired) electrons. The van der Waals surface area contributed by atoms with Crippen LogP contribution in [0.4, 0.5) is 0 Å². The first-order valence-corrected chi connectivity index (χ1v) is 10.9. The number of hydrogen-bond acceptors (Lipinski definition) is 5. The van der Waals surface area contributed by atoms with Gasteiger partial charge in [-0.2, -0.15) is 0 Å². The van der Waals surface area contributed by atoms with Gasteiger partial charge < -0.3 is 19.7 Å². The van der Waals surface area contributed by atoms with Crippen molar-refractivity contribution in [2.75, 3.05) is 13.2 Å². The van der Waals surface area contributed by atoms with Gasteiger partial charge in [0.05, 0.1) is 12.7 Å². The molecule has 1 aromatic rings. The summed E-state index contributed by atoms with van der Waals surface area (Å²) in [6, 6.07) is 6.12. The zero-order valence-corrected chi connectivity index (χ0v) is 17.2. The molecule has 2 N–H and O–H groups in total. The predicted molar refractivity (Wildman–Crippen MR) is 112 cm³/mol. The molecular formula is C24H34O5. The van der Waals surface area contributed by atoms with E-state index in [-0.39, 0.29) is 25.9 Å². The van der Waals surface area contributed by atoms with E-state index in [1.54, 1.807) is 0 Å². The van der Waals surface area contributed by atoms with Crippen LogP contribution >= 0.6 is 0 Å². The molecule has 0 unspecified atom stereocenters. The summed E-state index contributed by atoms with van der Waals surface area (Å²) >= 11 is 0. The summed E-state index contributed by atoms with van der Waals surface area (Å²) in [5, 5.41) is 18.8. The molecule has 2 aliphatic rings. The summed E-state index contributed by atoms with van der Waals surface area (Å²) in [4.78, 5) is 11.5.